The van der Waals surface area contributed by atoms with Gasteiger partial charge in [0.2, 0.25) is 11.8 Å². The predicted molar refractivity (Wildman–Crippen MR) is 55.2 cm³/mol. The molecule has 92 valence electrons. The number of aromatic nitrogens is 2. The number of carboxylic acids is 1. The van der Waals surface area contributed by atoms with Crippen molar-refractivity contribution in [3.05, 3.63) is 5.89 Å². The normalized spacial score (nSPS) is 16.5. The molecule has 1 fully saturated rings. The van der Waals surface area contributed by atoms with Crippen LogP contribution in [0.2, 0.25) is 0 Å². The Morgan fingerprint density at radius 3 is 2.76 bits per heavy atom. The van der Waals surface area contributed by atoms with Crippen LogP contribution in [0.5, 0.6) is 0 Å². The number of amides is 1. The van der Waals surface area contributed by atoms with Gasteiger partial charge in [-0.3, -0.25) is 19.8 Å². The van der Waals surface area contributed by atoms with E-state index in [-0.39, 0.29) is 24.4 Å². The molecule has 2 rings (SSSR count). The van der Waals surface area contributed by atoms with E-state index in [1.165, 1.54) is 0 Å². The number of aliphatic carboxylic acids is 1. The summed E-state index contributed by atoms with van der Waals surface area (Å²) in [5, 5.41) is 18.3. The summed E-state index contributed by atoms with van der Waals surface area (Å²) in [6.07, 6.45) is 0. The van der Waals surface area contributed by atoms with Crippen molar-refractivity contribution < 1.29 is 19.1 Å². The van der Waals surface area contributed by atoms with Gasteiger partial charge < -0.3 is 9.52 Å². The molecule has 1 aromatic rings. The monoisotopic (exact) mass is 240 g/mol. The summed E-state index contributed by atoms with van der Waals surface area (Å²) in [6.45, 7) is 2.54. The van der Waals surface area contributed by atoms with Gasteiger partial charge in [0.1, 0.15) is 0 Å². The van der Waals surface area contributed by atoms with E-state index >= 15 is 0 Å². The highest BCUT2D eigenvalue weighted by molar-refractivity contribution is 5.90. The predicted octanol–water partition coefficient (Wildman–Crippen LogP) is -0.667. The molecule has 1 aliphatic heterocycles. The van der Waals surface area contributed by atoms with E-state index < -0.39 is 5.97 Å². The zero-order chi connectivity index (χ0) is 12.4. The number of nitrogens with zero attached hydrogens (tertiary/aromatic N) is 3. The number of aryl methyl sites for hydroxylation is 1. The minimum atomic E-state index is -0.825. The number of carbonyl (C=O) groups is 2. The van der Waals surface area contributed by atoms with Crippen LogP contribution in [0.15, 0.2) is 4.42 Å². The lowest BCUT2D eigenvalue weighted by Gasteiger charge is -2.35. The Balaban J connectivity index is 1.74. The van der Waals surface area contributed by atoms with Gasteiger partial charge in [-0.1, -0.05) is 5.10 Å². The van der Waals surface area contributed by atoms with Crippen LogP contribution >= 0.6 is 0 Å². The second-order valence-corrected chi connectivity index (χ2v) is 3.90. The maximum absolute atomic E-state index is 11.5. The quantitative estimate of drug-likeness (QED) is 0.718. The first-order chi connectivity index (χ1) is 8.04. The summed E-state index contributed by atoms with van der Waals surface area (Å²) < 4.78 is 4.98. The number of likely N-dealkylation sites (tertiary alicyclic amines) is 1. The van der Waals surface area contributed by atoms with Crippen molar-refractivity contribution in [1.29, 1.82) is 0 Å². The molecule has 1 amide bonds. The van der Waals surface area contributed by atoms with Crippen molar-refractivity contribution in [2.45, 2.75) is 6.92 Å². The molecule has 8 heteroatoms. The first-order valence-electron chi connectivity index (χ1n) is 5.09. The zero-order valence-corrected chi connectivity index (χ0v) is 9.21. The number of carboxylic acid groups (broad SMARTS) is 1. The Morgan fingerprint density at radius 1 is 1.53 bits per heavy atom. The Kier molecular flexibility index (Phi) is 3.05. The Bertz CT molecular complexity index is 438. The van der Waals surface area contributed by atoms with Crippen LogP contribution in [0, 0.1) is 12.8 Å². The lowest BCUT2D eigenvalue weighted by Crippen LogP contribution is -2.52. The van der Waals surface area contributed by atoms with Crippen molar-refractivity contribution in [2.75, 3.05) is 25.0 Å². The topological polar surface area (TPSA) is 109 Å². The fourth-order valence-corrected chi connectivity index (χ4v) is 1.56. The second kappa shape index (κ2) is 4.50. The van der Waals surface area contributed by atoms with E-state index in [9.17, 15) is 9.59 Å². The van der Waals surface area contributed by atoms with Crippen molar-refractivity contribution in [2.24, 2.45) is 5.92 Å². The maximum Gasteiger partial charge on any atom is 0.322 e. The molecule has 0 saturated carbocycles. The Morgan fingerprint density at radius 2 is 2.24 bits per heavy atom. The van der Waals surface area contributed by atoms with Crippen LogP contribution in [0.3, 0.4) is 0 Å². The summed E-state index contributed by atoms with van der Waals surface area (Å²) in [4.78, 5) is 23.8. The third kappa shape index (κ3) is 2.78. The third-order valence-electron chi connectivity index (χ3n) is 2.45. The van der Waals surface area contributed by atoms with E-state index in [1.54, 1.807) is 11.8 Å². The lowest BCUT2D eigenvalue weighted by atomic mass is 10.0. The summed E-state index contributed by atoms with van der Waals surface area (Å²) >= 11 is 0. The molecule has 0 aliphatic carbocycles. The highest BCUT2D eigenvalue weighted by Gasteiger charge is 2.33. The van der Waals surface area contributed by atoms with Gasteiger partial charge in [-0.15, -0.1) is 5.10 Å². The van der Waals surface area contributed by atoms with Crippen LogP contribution in [0.4, 0.5) is 6.01 Å². The molecule has 0 bridgehead atoms. The maximum atomic E-state index is 11.5. The molecule has 0 unspecified atom stereocenters. The number of hydrogen-bond acceptors (Lipinski definition) is 6. The first-order valence-corrected chi connectivity index (χ1v) is 5.09. The molecule has 8 nitrogen and oxygen atoms in total. The molecule has 0 radical (unpaired) electrons. The van der Waals surface area contributed by atoms with Crippen molar-refractivity contribution in [1.82, 2.24) is 15.1 Å². The van der Waals surface area contributed by atoms with Gasteiger partial charge in [-0.05, 0) is 0 Å². The van der Waals surface area contributed by atoms with Crippen molar-refractivity contribution in [3.8, 4) is 0 Å². The van der Waals surface area contributed by atoms with Crippen LogP contribution < -0.4 is 5.32 Å². The molecule has 1 aliphatic rings. The summed E-state index contributed by atoms with van der Waals surface area (Å²) in [5.74, 6) is -1.12. The summed E-state index contributed by atoms with van der Waals surface area (Å²) in [7, 11) is 0. The van der Waals surface area contributed by atoms with E-state index in [0.717, 1.165) is 0 Å². The van der Waals surface area contributed by atoms with E-state index in [2.05, 4.69) is 15.5 Å². The van der Waals surface area contributed by atoms with Gasteiger partial charge in [0.25, 0.3) is 0 Å². The number of nitrogens with one attached hydrogen (secondary N) is 1. The highest BCUT2D eigenvalue weighted by atomic mass is 16.4. The molecule has 2 N–H and O–H groups in total. The number of carbonyl (C=O) groups excluding carboxylic acids is 1. The van der Waals surface area contributed by atoms with Gasteiger partial charge in [0.05, 0.1) is 12.5 Å². The average molecular weight is 240 g/mol. The Labute approximate surface area is 96.6 Å². The zero-order valence-electron chi connectivity index (χ0n) is 9.21. The first kappa shape index (κ1) is 11.5. The fourth-order valence-electron chi connectivity index (χ4n) is 1.56. The number of rotatable bonds is 4. The minimum Gasteiger partial charge on any atom is -0.481 e. The van der Waals surface area contributed by atoms with Crippen LogP contribution in [0.25, 0.3) is 0 Å². The molecular formula is C9H12N4O4. The number of anilines is 1. The molecule has 1 aromatic heterocycles. The summed E-state index contributed by atoms with van der Waals surface area (Å²) in [6, 6.07) is 0.0582. The molecule has 0 aromatic carbocycles. The summed E-state index contributed by atoms with van der Waals surface area (Å²) in [5.41, 5.74) is 0. The molecular weight excluding hydrogens is 228 g/mol. The standard InChI is InChI=1S/C9H12N4O4/c1-5-11-12-9(17-5)10-7(14)4-13-2-6(3-13)8(15)16/h6H,2-4H2,1H3,(H,15,16)(H,10,12,14). The number of hydrogen-bond donors (Lipinski definition) is 2. The van der Waals surface area contributed by atoms with Gasteiger partial charge in [-0.25, -0.2) is 0 Å². The van der Waals surface area contributed by atoms with Crippen LogP contribution in [-0.4, -0.2) is 51.7 Å². The average Bonchev–Trinajstić information content (AvgIpc) is 2.56. The molecule has 0 atom stereocenters. The van der Waals surface area contributed by atoms with E-state index in [0.29, 0.717) is 19.0 Å². The smallest absolute Gasteiger partial charge is 0.322 e. The van der Waals surface area contributed by atoms with Gasteiger partial charge >= 0.3 is 12.0 Å². The molecule has 2 heterocycles. The fraction of sp³-hybridized carbons (Fsp3) is 0.556. The minimum absolute atomic E-state index is 0.0582. The van der Waals surface area contributed by atoms with Gasteiger partial charge in [0.15, 0.2) is 0 Å². The van der Waals surface area contributed by atoms with E-state index in [4.69, 9.17) is 9.52 Å². The van der Waals surface area contributed by atoms with Crippen molar-refractivity contribution >= 4 is 17.9 Å². The molecule has 0 spiro atoms. The third-order valence-corrected chi connectivity index (χ3v) is 2.45. The largest absolute Gasteiger partial charge is 0.481 e. The van der Waals surface area contributed by atoms with Crippen molar-refractivity contribution in [3.63, 3.8) is 0 Å². The lowest BCUT2D eigenvalue weighted by molar-refractivity contribution is -0.148. The Hall–Kier alpha value is -1.96. The van der Waals surface area contributed by atoms with E-state index in [1.807, 2.05) is 0 Å². The SMILES string of the molecule is Cc1nnc(NC(=O)CN2CC(C(=O)O)C2)o1. The second-order valence-electron chi connectivity index (χ2n) is 3.90. The highest BCUT2D eigenvalue weighted by Crippen LogP contribution is 2.15. The van der Waals surface area contributed by atoms with Gasteiger partial charge in [-0.2, -0.15) is 0 Å². The van der Waals surface area contributed by atoms with Gasteiger partial charge in [0, 0.05) is 20.0 Å². The van der Waals surface area contributed by atoms with Crippen LogP contribution in [-0.2, 0) is 9.59 Å². The molecule has 17 heavy (non-hydrogen) atoms. The van der Waals surface area contributed by atoms with Crippen LogP contribution in [0.1, 0.15) is 5.89 Å². The molecule has 1 saturated heterocycles.